The molecule has 0 aliphatic carbocycles. The molecule has 0 spiro atoms. The molecule has 1 aromatic rings. The molecule has 84 valence electrons. The zero-order valence-corrected chi connectivity index (χ0v) is 9.22. The molecule has 2 heterocycles. The fourth-order valence-corrected chi connectivity index (χ4v) is 2.09. The molecule has 0 aromatic carbocycles. The Kier molecular flexibility index (Phi) is 3.38. The van der Waals surface area contributed by atoms with Crippen molar-refractivity contribution in [2.75, 3.05) is 13.2 Å². The highest BCUT2D eigenvalue weighted by molar-refractivity contribution is 5.04. The van der Waals surface area contributed by atoms with Gasteiger partial charge in [-0.25, -0.2) is 0 Å². The number of nitrogens with zero attached hydrogens (tertiary/aromatic N) is 2. The molecule has 1 aromatic heterocycles. The summed E-state index contributed by atoms with van der Waals surface area (Å²) >= 11 is 0. The number of hydrogen-bond acceptors (Lipinski definition) is 3. The van der Waals surface area contributed by atoms with E-state index in [-0.39, 0.29) is 6.04 Å². The Labute approximate surface area is 90.4 Å². The predicted molar refractivity (Wildman–Crippen MR) is 58.3 cm³/mol. The SMILES string of the molecule is Cn1ccc(C(N)CC2CCOCC2)n1. The molecule has 1 unspecified atom stereocenters. The molecule has 1 fully saturated rings. The summed E-state index contributed by atoms with van der Waals surface area (Å²) in [6.45, 7) is 1.78. The van der Waals surface area contributed by atoms with Gasteiger partial charge in [0.25, 0.3) is 0 Å². The minimum atomic E-state index is 0.0781. The average Bonchev–Trinajstić information content (AvgIpc) is 2.66. The quantitative estimate of drug-likeness (QED) is 0.814. The van der Waals surface area contributed by atoms with Crippen LogP contribution in [0, 0.1) is 5.92 Å². The lowest BCUT2D eigenvalue weighted by atomic mass is 9.92. The standard InChI is InChI=1S/C11H19N3O/c1-14-5-2-11(13-14)10(12)8-9-3-6-15-7-4-9/h2,5,9-10H,3-4,6-8,12H2,1H3. The number of hydrogen-bond donors (Lipinski definition) is 1. The van der Waals surface area contributed by atoms with E-state index >= 15 is 0 Å². The molecule has 1 atom stereocenters. The molecule has 4 heteroatoms. The zero-order valence-electron chi connectivity index (χ0n) is 9.22. The fourth-order valence-electron chi connectivity index (χ4n) is 2.09. The van der Waals surface area contributed by atoms with Gasteiger partial charge in [-0.15, -0.1) is 0 Å². The summed E-state index contributed by atoms with van der Waals surface area (Å²) in [6, 6.07) is 2.08. The summed E-state index contributed by atoms with van der Waals surface area (Å²) < 4.78 is 7.14. The maximum atomic E-state index is 6.12. The van der Waals surface area contributed by atoms with Gasteiger partial charge in [0.2, 0.25) is 0 Å². The minimum absolute atomic E-state index is 0.0781. The van der Waals surface area contributed by atoms with E-state index in [2.05, 4.69) is 5.10 Å². The topological polar surface area (TPSA) is 53.1 Å². The van der Waals surface area contributed by atoms with E-state index in [0.29, 0.717) is 5.92 Å². The van der Waals surface area contributed by atoms with Crippen LogP contribution in [0.15, 0.2) is 12.3 Å². The molecule has 0 amide bonds. The monoisotopic (exact) mass is 209 g/mol. The normalized spacial score (nSPS) is 20.4. The minimum Gasteiger partial charge on any atom is -0.381 e. The number of ether oxygens (including phenoxy) is 1. The van der Waals surface area contributed by atoms with Gasteiger partial charge in [-0.05, 0) is 31.2 Å². The second-order valence-electron chi connectivity index (χ2n) is 4.31. The van der Waals surface area contributed by atoms with Gasteiger partial charge in [0.1, 0.15) is 0 Å². The highest BCUT2D eigenvalue weighted by Crippen LogP contribution is 2.24. The summed E-state index contributed by atoms with van der Waals surface area (Å²) in [5.74, 6) is 0.704. The van der Waals surface area contributed by atoms with E-state index in [4.69, 9.17) is 10.5 Å². The van der Waals surface area contributed by atoms with Gasteiger partial charge >= 0.3 is 0 Å². The molecule has 2 N–H and O–H groups in total. The van der Waals surface area contributed by atoms with Gasteiger partial charge in [-0.2, -0.15) is 5.10 Å². The second kappa shape index (κ2) is 4.77. The first-order chi connectivity index (χ1) is 7.25. The van der Waals surface area contributed by atoms with E-state index in [1.165, 1.54) is 0 Å². The number of aryl methyl sites for hydroxylation is 1. The second-order valence-corrected chi connectivity index (χ2v) is 4.31. The van der Waals surface area contributed by atoms with Gasteiger partial charge in [-0.3, -0.25) is 4.68 Å². The lowest BCUT2D eigenvalue weighted by Gasteiger charge is -2.24. The number of nitrogens with two attached hydrogens (primary N) is 1. The van der Waals surface area contributed by atoms with Crippen LogP contribution in [0.25, 0.3) is 0 Å². The third kappa shape index (κ3) is 2.79. The molecule has 1 aliphatic rings. The Balaban J connectivity index is 1.88. The largest absolute Gasteiger partial charge is 0.381 e. The summed E-state index contributed by atoms with van der Waals surface area (Å²) in [4.78, 5) is 0. The summed E-state index contributed by atoms with van der Waals surface area (Å²) in [5, 5.41) is 4.34. The molecular weight excluding hydrogens is 190 g/mol. The Morgan fingerprint density at radius 1 is 1.60 bits per heavy atom. The summed E-state index contributed by atoms with van der Waals surface area (Å²) in [6.07, 6.45) is 5.25. The molecule has 0 saturated carbocycles. The van der Waals surface area contributed by atoms with E-state index < -0.39 is 0 Å². The molecular formula is C11H19N3O. The third-order valence-electron chi connectivity index (χ3n) is 3.04. The van der Waals surface area contributed by atoms with Crippen molar-refractivity contribution in [3.63, 3.8) is 0 Å². The molecule has 4 nitrogen and oxygen atoms in total. The van der Waals surface area contributed by atoms with Gasteiger partial charge < -0.3 is 10.5 Å². The number of rotatable bonds is 3. The molecule has 0 radical (unpaired) electrons. The van der Waals surface area contributed by atoms with Crippen LogP contribution >= 0.6 is 0 Å². The Hall–Kier alpha value is -0.870. The molecule has 0 bridgehead atoms. The van der Waals surface area contributed by atoms with Crippen molar-refractivity contribution < 1.29 is 4.74 Å². The van der Waals surface area contributed by atoms with Crippen LogP contribution in [0.4, 0.5) is 0 Å². The van der Waals surface area contributed by atoms with Crippen LogP contribution in [-0.4, -0.2) is 23.0 Å². The summed E-state index contributed by atoms with van der Waals surface area (Å²) in [7, 11) is 1.92. The summed E-state index contributed by atoms with van der Waals surface area (Å²) in [5.41, 5.74) is 7.13. The van der Waals surface area contributed by atoms with Crippen molar-refractivity contribution in [1.29, 1.82) is 0 Å². The van der Waals surface area contributed by atoms with E-state index in [1.807, 2.05) is 19.3 Å². The zero-order chi connectivity index (χ0) is 10.7. The van der Waals surface area contributed by atoms with Crippen LogP contribution in [0.3, 0.4) is 0 Å². The van der Waals surface area contributed by atoms with Crippen molar-refractivity contribution in [3.8, 4) is 0 Å². The van der Waals surface area contributed by atoms with Crippen LogP contribution in [0.5, 0.6) is 0 Å². The third-order valence-corrected chi connectivity index (χ3v) is 3.04. The first kappa shape index (κ1) is 10.6. The fraction of sp³-hybridized carbons (Fsp3) is 0.727. The van der Waals surface area contributed by atoms with Crippen molar-refractivity contribution in [2.24, 2.45) is 18.7 Å². The molecule has 1 saturated heterocycles. The highest BCUT2D eigenvalue weighted by atomic mass is 16.5. The predicted octanol–water partition coefficient (Wildman–Crippen LogP) is 1.24. The van der Waals surface area contributed by atoms with Crippen LogP contribution in [-0.2, 0) is 11.8 Å². The van der Waals surface area contributed by atoms with Crippen LogP contribution in [0.2, 0.25) is 0 Å². The maximum Gasteiger partial charge on any atom is 0.0791 e. The van der Waals surface area contributed by atoms with Gasteiger partial charge in [-0.1, -0.05) is 0 Å². The van der Waals surface area contributed by atoms with Gasteiger partial charge in [0.15, 0.2) is 0 Å². The van der Waals surface area contributed by atoms with Crippen LogP contribution in [0.1, 0.15) is 31.0 Å². The van der Waals surface area contributed by atoms with E-state index in [1.54, 1.807) is 4.68 Å². The lowest BCUT2D eigenvalue weighted by molar-refractivity contribution is 0.0617. The van der Waals surface area contributed by atoms with Gasteiger partial charge in [0.05, 0.1) is 5.69 Å². The van der Waals surface area contributed by atoms with Crippen molar-refractivity contribution in [3.05, 3.63) is 18.0 Å². The smallest absolute Gasteiger partial charge is 0.0791 e. The molecule has 2 rings (SSSR count). The van der Waals surface area contributed by atoms with Crippen LogP contribution < -0.4 is 5.73 Å². The van der Waals surface area contributed by atoms with Crippen molar-refractivity contribution in [1.82, 2.24) is 9.78 Å². The van der Waals surface area contributed by atoms with Crippen molar-refractivity contribution in [2.45, 2.75) is 25.3 Å². The average molecular weight is 209 g/mol. The first-order valence-corrected chi connectivity index (χ1v) is 5.58. The Morgan fingerprint density at radius 2 is 2.33 bits per heavy atom. The van der Waals surface area contributed by atoms with E-state index in [0.717, 1.165) is 38.2 Å². The Morgan fingerprint density at radius 3 is 2.93 bits per heavy atom. The lowest BCUT2D eigenvalue weighted by Crippen LogP contribution is -2.21. The molecule has 1 aliphatic heterocycles. The molecule has 15 heavy (non-hydrogen) atoms. The van der Waals surface area contributed by atoms with Gasteiger partial charge in [0, 0.05) is 32.5 Å². The first-order valence-electron chi connectivity index (χ1n) is 5.58. The van der Waals surface area contributed by atoms with E-state index in [9.17, 15) is 0 Å². The Bertz CT molecular complexity index is 305. The maximum absolute atomic E-state index is 6.12. The number of aromatic nitrogens is 2. The van der Waals surface area contributed by atoms with Crippen molar-refractivity contribution >= 4 is 0 Å². The highest BCUT2D eigenvalue weighted by Gasteiger charge is 2.19.